The predicted molar refractivity (Wildman–Crippen MR) is 95.6 cm³/mol. The molecule has 1 aromatic carbocycles. The van der Waals surface area contributed by atoms with Crippen LogP contribution in [-0.2, 0) is 20.9 Å². The van der Waals surface area contributed by atoms with Gasteiger partial charge in [-0.15, -0.1) is 10.2 Å². The number of anilines is 2. The Morgan fingerprint density at radius 2 is 2.20 bits per heavy atom. The average molecular weight is 360 g/mol. The lowest BCUT2D eigenvalue weighted by Gasteiger charge is -2.20. The minimum atomic E-state index is -0.401. The summed E-state index contributed by atoms with van der Waals surface area (Å²) in [5.74, 6) is -0.644. The van der Waals surface area contributed by atoms with Crippen molar-refractivity contribution in [1.29, 1.82) is 0 Å². The van der Waals surface area contributed by atoms with Crippen LogP contribution in [0.2, 0.25) is 0 Å². The molecule has 132 valence electrons. The van der Waals surface area contributed by atoms with Crippen LogP contribution in [0, 0.1) is 19.8 Å². The fourth-order valence-corrected chi connectivity index (χ4v) is 3.55. The van der Waals surface area contributed by atoms with Crippen LogP contribution >= 0.6 is 11.3 Å². The van der Waals surface area contributed by atoms with E-state index >= 15 is 0 Å². The second kappa shape index (κ2) is 7.28. The van der Waals surface area contributed by atoms with Crippen LogP contribution in [0.1, 0.15) is 22.6 Å². The Morgan fingerprint density at radius 3 is 2.96 bits per heavy atom. The quantitative estimate of drug-likeness (QED) is 0.884. The molecule has 7 nitrogen and oxygen atoms in total. The van der Waals surface area contributed by atoms with E-state index in [1.54, 1.807) is 12.0 Å². The predicted octanol–water partition coefficient (Wildman–Crippen LogP) is 2.29. The van der Waals surface area contributed by atoms with Crippen molar-refractivity contribution in [2.24, 2.45) is 5.92 Å². The van der Waals surface area contributed by atoms with Crippen LogP contribution in [0.3, 0.4) is 0 Å². The van der Waals surface area contributed by atoms with Crippen molar-refractivity contribution >= 4 is 34.0 Å². The maximum atomic E-state index is 12.5. The second-order valence-electron chi connectivity index (χ2n) is 6.05. The van der Waals surface area contributed by atoms with E-state index in [0.29, 0.717) is 23.3 Å². The van der Waals surface area contributed by atoms with Crippen LogP contribution in [0.4, 0.5) is 10.8 Å². The molecular formula is C17H20N4O3S. The van der Waals surface area contributed by atoms with Crippen molar-refractivity contribution in [3.8, 4) is 0 Å². The van der Waals surface area contributed by atoms with Crippen molar-refractivity contribution in [3.05, 3.63) is 34.3 Å². The standard InChI is InChI=1S/C17H20N4O3S/c1-10-5-4-6-13(11(10)2)21-8-12(7-15(21)22)16(23)18-17-20-19-14(25-17)9-24-3/h4-6,12H,7-9H2,1-3H3,(H,18,20,23)/t12-/m0/s1. The van der Waals surface area contributed by atoms with Crippen molar-refractivity contribution in [1.82, 2.24) is 10.2 Å². The number of rotatable bonds is 5. The number of hydrogen-bond acceptors (Lipinski definition) is 6. The van der Waals surface area contributed by atoms with E-state index in [9.17, 15) is 9.59 Å². The molecular weight excluding hydrogens is 340 g/mol. The largest absolute Gasteiger partial charge is 0.377 e. The van der Waals surface area contributed by atoms with Gasteiger partial charge >= 0.3 is 0 Å². The number of ether oxygens (including phenoxy) is 1. The molecule has 1 fully saturated rings. The van der Waals surface area contributed by atoms with E-state index < -0.39 is 5.92 Å². The molecule has 1 atom stereocenters. The number of carbonyl (C=O) groups is 2. The number of carbonyl (C=O) groups excluding carboxylic acids is 2. The lowest BCUT2D eigenvalue weighted by atomic mass is 10.1. The molecule has 0 saturated carbocycles. The fraction of sp³-hybridized carbons (Fsp3) is 0.412. The van der Waals surface area contributed by atoms with E-state index in [0.717, 1.165) is 16.8 Å². The minimum Gasteiger partial charge on any atom is -0.377 e. The molecule has 2 heterocycles. The van der Waals surface area contributed by atoms with Crippen LogP contribution < -0.4 is 10.2 Å². The Hall–Kier alpha value is -2.32. The van der Waals surface area contributed by atoms with Gasteiger partial charge in [0.05, 0.1) is 5.92 Å². The summed E-state index contributed by atoms with van der Waals surface area (Å²) in [6, 6.07) is 5.86. The molecule has 0 aliphatic carbocycles. The van der Waals surface area contributed by atoms with Crippen molar-refractivity contribution in [2.75, 3.05) is 23.9 Å². The van der Waals surface area contributed by atoms with Crippen molar-refractivity contribution in [2.45, 2.75) is 26.9 Å². The molecule has 1 aliphatic rings. The van der Waals surface area contributed by atoms with Crippen molar-refractivity contribution in [3.63, 3.8) is 0 Å². The first-order chi connectivity index (χ1) is 12.0. The highest BCUT2D eigenvalue weighted by Crippen LogP contribution is 2.30. The third-order valence-electron chi connectivity index (χ3n) is 4.33. The molecule has 1 saturated heterocycles. The van der Waals surface area contributed by atoms with Gasteiger partial charge in [0, 0.05) is 25.8 Å². The Morgan fingerprint density at radius 1 is 1.40 bits per heavy atom. The van der Waals surface area contributed by atoms with Gasteiger partial charge in [-0.3, -0.25) is 9.59 Å². The number of methoxy groups -OCH3 is 1. The topological polar surface area (TPSA) is 84.4 Å². The van der Waals surface area contributed by atoms with E-state index in [2.05, 4.69) is 15.5 Å². The molecule has 1 aliphatic heterocycles. The SMILES string of the molecule is COCc1nnc(NC(=O)[C@H]2CC(=O)N(c3cccc(C)c3C)C2)s1. The fourth-order valence-electron chi connectivity index (χ4n) is 2.84. The lowest BCUT2D eigenvalue weighted by molar-refractivity contribution is -0.122. The first-order valence-corrected chi connectivity index (χ1v) is 8.80. The summed E-state index contributed by atoms with van der Waals surface area (Å²) in [7, 11) is 1.58. The van der Waals surface area contributed by atoms with E-state index in [1.165, 1.54) is 11.3 Å². The van der Waals surface area contributed by atoms with Gasteiger partial charge in [0.2, 0.25) is 16.9 Å². The molecule has 25 heavy (non-hydrogen) atoms. The van der Waals surface area contributed by atoms with Crippen molar-refractivity contribution < 1.29 is 14.3 Å². The van der Waals surface area contributed by atoms with Gasteiger partial charge in [-0.2, -0.15) is 0 Å². The summed E-state index contributed by atoms with van der Waals surface area (Å²) in [4.78, 5) is 26.6. The molecule has 0 radical (unpaired) electrons. The van der Waals surface area contributed by atoms with Crippen LogP contribution in [0.25, 0.3) is 0 Å². The number of aromatic nitrogens is 2. The molecule has 2 aromatic rings. The Balaban J connectivity index is 1.69. The summed E-state index contributed by atoms with van der Waals surface area (Å²) in [6.07, 6.45) is 0.197. The zero-order chi connectivity index (χ0) is 18.0. The van der Waals surface area contributed by atoms with E-state index in [4.69, 9.17) is 4.74 Å². The molecule has 3 rings (SSSR count). The number of nitrogens with zero attached hydrogens (tertiary/aromatic N) is 3. The average Bonchev–Trinajstić information content (AvgIpc) is 3.17. The van der Waals surface area contributed by atoms with Gasteiger partial charge in [0.25, 0.3) is 0 Å². The molecule has 0 unspecified atom stereocenters. The number of benzene rings is 1. The highest BCUT2D eigenvalue weighted by atomic mass is 32.1. The van der Waals surface area contributed by atoms with Gasteiger partial charge in [-0.05, 0) is 31.0 Å². The Kier molecular flexibility index (Phi) is 5.10. The Labute approximate surface area is 150 Å². The number of aryl methyl sites for hydroxylation is 1. The van der Waals surface area contributed by atoms with Crippen LogP contribution in [0.5, 0.6) is 0 Å². The molecule has 0 spiro atoms. The normalized spacial score (nSPS) is 17.2. The first kappa shape index (κ1) is 17.5. The van der Waals surface area contributed by atoms with Gasteiger partial charge in [0.1, 0.15) is 11.6 Å². The van der Waals surface area contributed by atoms with Gasteiger partial charge in [-0.25, -0.2) is 0 Å². The third-order valence-corrected chi connectivity index (χ3v) is 5.14. The van der Waals surface area contributed by atoms with Crippen LogP contribution in [0.15, 0.2) is 18.2 Å². The minimum absolute atomic E-state index is 0.0359. The maximum Gasteiger partial charge on any atom is 0.231 e. The van der Waals surface area contributed by atoms with Gasteiger partial charge in [0.15, 0.2) is 0 Å². The maximum absolute atomic E-state index is 12.5. The van der Waals surface area contributed by atoms with Gasteiger partial charge < -0.3 is 15.0 Å². The third kappa shape index (κ3) is 3.69. The van der Waals surface area contributed by atoms with E-state index in [1.807, 2.05) is 32.0 Å². The molecule has 1 aromatic heterocycles. The highest BCUT2D eigenvalue weighted by molar-refractivity contribution is 7.15. The molecule has 8 heteroatoms. The number of nitrogens with one attached hydrogen (secondary N) is 1. The Bertz CT molecular complexity index is 805. The molecule has 0 bridgehead atoms. The smallest absolute Gasteiger partial charge is 0.231 e. The number of amides is 2. The summed E-state index contributed by atoms with van der Waals surface area (Å²) in [5, 5.41) is 11.7. The van der Waals surface area contributed by atoms with Crippen LogP contribution in [-0.4, -0.2) is 35.7 Å². The zero-order valence-corrected chi connectivity index (χ0v) is 15.2. The number of hydrogen-bond donors (Lipinski definition) is 1. The second-order valence-corrected chi connectivity index (χ2v) is 7.11. The summed E-state index contributed by atoms with van der Waals surface area (Å²) >= 11 is 1.27. The molecule has 1 N–H and O–H groups in total. The first-order valence-electron chi connectivity index (χ1n) is 7.98. The lowest BCUT2D eigenvalue weighted by Crippen LogP contribution is -2.28. The zero-order valence-electron chi connectivity index (χ0n) is 14.4. The summed E-state index contributed by atoms with van der Waals surface area (Å²) in [5.41, 5.74) is 3.06. The highest BCUT2D eigenvalue weighted by Gasteiger charge is 2.36. The molecule has 2 amide bonds. The van der Waals surface area contributed by atoms with E-state index in [-0.39, 0.29) is 18.2 Å². The monoisotopic (exact) mass is 360 g/mol. The summed E-state index contributed by atoms with van der Waals surface area (Å²) in [6.45, 7) is 4.73. The van der Waals surface area contributed by atoms with Gasteiger partial charge in [-0.1, -0.05) is 23.5 Å². The summed E-state index contributed by atoms with van der Waals surface area (Å²) < 4.78 is 4.99.